The molecule has 30 heavy (non-hydrogen) atoms. The number of tetrazole rings is 1. The first-order chi connectivity index (χ1) is 14.4. The maximum absolute atomic E-state index is 13.5. The van der Waals surface area contributed by atoms with Crippen molar-refractivity contribution in [2.24, 2.45) is 0 Å². The van der Waals surface area contributed by atoms with Gasteiger partial charge in [0.1, 0.15) is 11.8 Å². The molecule has 9 heteroatoms. The number of fused-ring (bicyclic) bond motifs is 1. The largest absolute Gasteiger partial charge is 0.496 e. The number of hydrogen-bond donors (Lipinski definition) is 2. The number of anilines is 2. The number of amides is 1. The molecular weight excluding hydrogens is 448 g/mol. The van der Waals surface area contributed by atoms with Gasteiger partial charge >= 0.3 is 0 Å². The van der Waals surface area contributed by atoms with Crippen molar-refractivity contribution < 1.29 is 9.53 Å². The Kier molecular flexibility index (Phi) is 5.29. The number of nitrogens with zero attached hydrogens (tertiary/aromatic N) is 4. The molecule has 3 aromatic rings. The van der Waals surface area contributed by atoms with E-state index >= 15 is 0 Å². The van der Waals surface area contributed by atoms with E-state index < -0.39 is 6.04 Å². The van der Waals surface area contributed by atoms with E-state index in [9.17, 15) is 4.79 Å². The molecule has 4 rings (SSSR count). The number of benzene rings is 2. The first-order valence-electron chi connectivity index (χ1n) is 9.37. The van der Waals surface area contributed by atoms with E-state index in [1.54, 1.807) is 11.8 Å². The number of hydrogen-bond acceptors (Lipinski definition) is 6. The number of allylic oxidation sites excluding steroid dienone is 1. The van der Waals surface area contributed by atoms with Crippen molar-refractivity contribution in [2.45, 2.75) is 26.8 Å². The molecule has 1 atom stereocenters. The Bertz CT molecular complexity index is 1170. The molecule has 2 heterocycles. The van der Waals surface area contributed by atoms with Gasteiger partial charge in [-0.1, -0.05) is 33.2 Å². The van der Waals surface area contributed by atoms with Crippen molar-refractivity contribution in [3.8, 4) is 5.75 Å². The fraction of sp³-hybridized carbons (Fsp3) is 0.238. The summed E-state index contributed by atoms with van der Waals surface area (Å²) in [5, 5.41) is 18.1. The Labute approximate surface area is 182 Å². The highest BCUT2D eigenvalue weighted by Crippen LogP contribution is 2.40. The molecule has 154 valence electrons. The van der Waals surface area contributed by atoms with Crippen LogP contribution in [0.25, 0.3) is 0 Å². The van der Waals surface area contributed by atoms with Gasteiger partial charge in [-0.3, -0.25) is 4.79 Å². The summed E-state index contributed by atoms with van der Waals surface area (Å²) in [4.78, 5) is 13.5. The van der Waals surface area contributed by atoms with E-state index in [0.717, 1.165) is 26.9 Å². The third kappa shape index (κ3) is 3.45. The summed E-state index contributed by atoms with van der Waals surface area (Å²) in [6.45, 7) is 5.84. The summed E-state index contributed by atoms with van der Waals surface area (Å²) in [5.41, 5.74) is 4.84. The molecule has 1 amide bonds. The summed E-state index contributed by atoms with van der Waals surface area (Å²) in [5.74, 6) is 0.862. The second-order valence-electron chi connectivity index (χ2n) is 7.10. The number of aromatic nitrogens is 4. The molecule has 0 saturated carbocycles. The Morgan fingerprint density at radius 3 is 2.80 bits per heavy atom. The smallest absolute Gasteiger partial charge is 0.255 e. The van der Waals surface area contributed by atoms with Crippen LogP contribution in [0.3, 0.4) is 0 Å². The van der Waals surface area contributed by atoms with E-state index in [-0.39, 0.29) is 5.91 Å². The van der Waals surface area contributed by atoms with Crippen molar-refractivity contribution >= 4 is 33.5 Å². The van der Waals surface area contributed by atoms with Crippen LogP contribution >= 0.6 is 15.9 Å². The number of methoxy groups -OCH3 is 1. The molecule has 0 aliphatic carbocycles. The predicted octanol–water partition coefficient (Wildman–Crippen LogP) is 3.99. The fourth-order valence-corrected chi connectivity index (χ4v) is 3.97. The van der Waals surface area contributed by atoms with Gasteiger partial charge in [-0.15, -0.1) is 0 Å². The summed E-state index contributed by atoms with van der Waals surface area (Å²) >= 11 is 3.52. The Morgan fingerprint density at radius 1 is 1.23 bits per heavy atom. The molecule has 0 bridgehead atoms. The van der Waals surface area contributed by atoms with Crippen LogP contribution in [-0.4, -0.2) is 33.2 Å². The number of carbonyl (C=O) groups is 1. The van der Waals surface area contributed by atoms with E-state index in [0.29, 0.717) is 23.0 Å². The van der Waals surface area contributed by atoms with Crippen molar-refractivity contribution in [3.05, 3.63) is 68.8 Å². The number of halogens is 1. The molecular formula is C21H21BrN6O2. The molecule has 1 unspecified atom stereocenters. The third-order valence-corrected chi connectivity index (χ3v) is 5.79. The van der Waals surface area contributed by atoms with Gasteiger partial charge in [-0.2, -0.15) is 4.68 Å². The zero-order valence-electron chi connectivity index (χ0n) is 17.0. The summed E-state index contributed by atoms with van der Waals surface area (Å²) in [6.07, 6.45) is 0. The molecule has 2 aromatic carbocycles. The monoisotopic (exact) mass is 468 g/mol. The minimum atomic E-state index is -0.561. The molecule has 2 N–H and O–H groups in total. The van der Waals surface area contributed by atoms with E-state index in [4.69, 9.17) is 4.74 Å². The second-order valence-corrected chi connectivity index (χ2v) is 8.02. The van der Waals surface area contributed by atoms with Crippen molar-refractivity contribution in [3.63, 3.8) is 0 Å². The van der Waals surface area contributed by atoms with Crippen molar-refractivity contribution in [1.29, 1.82) is 0 Å². The molecule has 1 aliphatic heterocycles. The van der Waals surface area contributed by atoms with Crippen LogP contribution in [0, 0.1) is 13.8 Å². The Hall–Kier alpha value is -3.20. The van der Waals surface area contributed by atoms with Crippen LogP contribution in [-0.2, 0) is 4.79 Å². The Morgan fingerprint density at radius 2 is 2.03 bits per heavy atom. The molecule has 1 aliphatic rings. The molecule has 0 saturated heterocycles. The van der Waals surface area contributed by atoms with Crippen molar-refractivity contribution in [2.75, 3.05) is 17.7 Å². The zero-order chi connectivity index (χ0) is 21.4. The fourth-order valence-electron chi connectivity index (χ4n) is 3.59. The maximum Gasteiger partial charge on any atom is 0.255 e. The SMILES string of the molecule is COc1ccc(Br)cc1C1C(C(=O)Nc2cccc(C)c2C)=C(C)Nc2nnnn21. The number of nitrogens with one attached hydrogen (secondary N) is 2. The van der Waals surface area contributed by atoms with Crippen LogP contribution in [0.2, 0.25) is 0 Å². The first-order valence-corrected chi connectivity index (χ1v) is 10.2. The van der Waals surface area contributed by atoms with Crippen LogP contribution in [0.4, 0.5) is 11.6 Å². The summed E-state index contributed by atoms with van der Waals surface area (Å²) in [6, 6.07) is 10.9. The number of carbonyl (C=O) groups excluding carboxylic acids is 1. The third-order valence-electron chi connectivity index (χ3n) is 5.30. The van der Waals surface area contributed by atoms with Gasteiger partial charge in [0.25, 0.3) is 5.91 Å². The normalized spacial score (nSPS) is 15.4. The lowest BCUT2D eigenvalue weighted by Crippen LogP contribution is -2.32. The average molecular weight is 469 g/mol. The lowest BCUT2D eigenvalue weighted by atomic mass is 9.94. The van der Waals surface area contributed by atoms with Crippen LogP contribution in [0.5, 0.6) is 5.75 Å². The summed E-state index contributed by atoms with van der Waals surface area (Å²) in [7, 11) is 1.60. The highest BCUT2D eigenvalue weighted by molar-refractivity contribution is 9.10. The van der Waals surface area contributed by atoms with E-state index in [1.807, 2.05) is 57.2 Å². The molecule has 0 radical (unpaired) electrons. The number of aryl methyl sites for hydroxylation is 1. The zero-order valence-corrected chi connectivity index (χ0v) is 18.6. The van der Waals surface area contributed by atoms with Crippen LogP contribution in [0.1, 0.15) is 29.7 Å². The standard InChI is InChI=1S/C21H21BrN6O2/c1-11-6-5-7-16(12(11)2)24-20(29)18-13(3)23-21-25-26-27-28(21)19(18)15-10-14(22)8-9-17(15)30-4/h5-10,19H,1-4H3,(H,24,29)(H,23,25,27). The van der Waals surface area contributed by atoms with Gasteiger partial charge in [0, 0.05) is 21.4 Å². The quantitative estimate of drug-likeness (QED) is 0.600. The lowest BCUT2D eigenvalue weighted by molar-refractivity contribution is -0.113. The molecule has 8 nitrogen and oxygen atoms in total. The van der Waals surface area contributed by atoms with Gasteiger partial charge < -0.3 is 15.4 Å². The molecule has 0 fully saturated rings. The van der Waals surface area contributed by atoms with Gasteiger partial charge in [0.05, 0.1) is 12.7 Å². The minimum absolute atomic E-state index is 0.234. The van der Waals surface area contributed by atoms with Crippen LogP contribution < -0.4 is 15.4 Å². The van der Waals surface area contributed by atoms with Gasteiger partial charge in [-0.05, 0) is 66.6 Å². The second kappa shape index (κ2) is 7.91. The van der Waals surface area contributed by atoms with E-state index in [2.05, 4.69) is 42.1 Å². The topological polar surface area (TPSA) is 94.0 Å². The van der Waals surface area contributed by atoms with Gasteiger partial charge in [0.2, 0.25) is 5.95 Å². The number of rotatable bonds is 4. The van der Waals surface area contributed by atoms with E-state index in [1.165, 1.54) is 0 Å². The highest BCUT2D eigenvalue weighted by Gasteiger charge is 2.36. The van der Waals surface area contributed by atoms with Crippen molar-refractivity contribution in [1.82, 2.24) is 20.2 Å². The average Bonchev–Trinajstić information content (AvgIpc) is 3.18. The summed E-state index contributed by atoms with van der Waals surface area (Å²) < 4.78 is 8.04. The predicted molar refractivity (Wildman–Crippen MR) is 118 cm³/mol. The molecule has 0 spiro atoms. The van der Waals surface area contributed by atoms with Crippen LogP contribution in [0.15, 0.2) is 52.1 Å². The van der Waals surface area contributed by atoms with Gasteiger partial charge in [-0.25, -0.2) is 0 Å². The Balaban J connectivity index is 1.83. The minimum Gasteiger partial charge on any atom is -0.496 e. The highest BCUT2D eigenvalue weighted by atomic mass is 79.9. The first kappa shape index (κ1) is 20.1. The lowest BCUT2D eigenvalue weighted by Gasteiger charge is -2.29. The maximum atomic E-state index is 13.5. The number of ether oxygens (including phenoxy) is 1. The van der Waals surface area contributed by atoms with Gasteiger partial charge in [0.15, 0.2) is 0 Å². The molecule has 1 aromatic heterocycles.